The van der Waals surface area contributed by atoms with Crippen LogP contribution in [0.2, 0.25) is 0 Å². The van der Waals surface area contributed by atoms with Crippen molar-refractivity contribution in [3.8, 4) is 0 Å². The van der Waals surface area contributed by atoms with Crippen molar-refractivity contribution in [1.82, 2.24) is 4.90 Å². The molecule has 3 aromatic carbocycles. The molecule has 0 aliphatic carbocycles. The topological polar surface area (TPSA) is 71.0 Å². The molecule has 0 spiro atoms. The molecule has 2 N–H and O–H groups in total. The van der Waals surface area contributed by atoms with Gasteiger partial charge in [0, 0.05) is 36.7 Å². The SMILES string of the molecule is CC(=O)Nc1cccc([C@H]2O[C@@H](CN(C)[C@@H](C)c3ccccc3)[C@@H](C)[C@@H](c3ccc(CO)cc3)O2)c1. The van der Waals surface area contributed by atoms with Crippen LogP contribution in [0.1, 0.15) is 61.5 Å². The number of hydrogen-bond donors (Lipinski definition) is 2. The minimum atomic E-state index is -0.581. The molecule has 36 heavy (non-hydrogen) atoms. The minimum absolute atomic E-state index is 0.00777. The fraction of sp³-hybridized carbons (Fsp3) is 0.367. The highest BCUT2D eigenvalue weighted by Crippen LogP contribution is 2.42. The molecule has 3 aromatic rings. The third kappa shape index (κ3) is 6.20. The average Bonchev–Trinajstić information content (AvgIpc) is 2.89. The van der Waals surface area contributed by atoms with Crippen LogP contribution in [0.25, 0.3) is 0 Å². The number of nitrogens with one attached hydrogen (secondary N) is 1. The van der Waals surface area contributed by atoms with E-state index < -0.39 is 6.29 Å². The van der Waals surface area contributed by atoms with Crippen LogP contribution in [0.3, 0.4) is 0 Å². The van der Waals surface area contributed by atoms with E-state index in [0.29, 0.717) is 5.69 Å². The van der Waals surface area contributed by atoms with E-state index in [4.69, 9.17) is 9.47 Å². The van der Waals surface area contributed by atoms with Crippen molar-refractivity contribution in [3.63, 3.8) is 0 Å². The summed E-state index contributed by atoms with van der Waals surface area (Å²) in [6.07, 6.45) is -0.860. The van der Waals surface area contributed by atoms with E-state index in [1.807, 2.05) is 54.6 Å². The Morgan fingerprint density at radius 1 is 1.00 bits per heavy atom. The zero-order valence-corrected chi connectivity index (χ0v) is 21.4. The summed E-state index contributed by atoms with van der Waals surface area (Å²) in [5.41, 5.74) is 4.74. The van der Waals surface area contributed by atoms with Gasteiger partial charge in [0.15, 0.2) is 6.29 Å². The highest BCUT2D eigenvalue weighted by atomic mass is 16.7. The number of carbonyl (C=O) groups excluding carboxylic acids is 1. The summed E-state index contributed by atoms with van der Waals surface area (Å²) in [5.74, 6) is -0.0346. The van der Waals surface area contributed by atoms with Crippen molar-refractivity contribution >= 4 is 11.6 Å². The molecule has 190 valence electrons. The van der Waals surface area contributed by atoms with Gasteiger partial charge >= 0.3 is 0 Å². The summed E-state index contributed by atoms with van der Waals surface area (Å²) < 4.78 is 13.1. The van der Waals surface area contributed by atoms with Crippen LogP contribution in [-0.4, -0.2) is 35.6 Å². The minimum Gasteiger partial charge on any atom is -0.392 e. The number of hydrogen-bond acceptors (Lipinski definition) is 5. The quantitative estimate of drug-likeness (QED) is 0.431. The first kappa shape index (κ1) is 26.0. The Bertz CT molecular complexity index is 1140. The van der Waals surface area contributed by atoms with Gasteiger partial charge in [-0.3, -0.25) is 9.69 Å². The molecule has 4 rings (SSSR count). The van der Waals surface area contributed by atoms with Gasteiger partial charge in [0.05, 0.1) is 18.8 Å². The van der Waals surface area contributed by atoms with Gasteiger partial charge in [0.1, 0.15) is 0 Å². The fourth-order valence-corrected chi connectivity index (χ4v) is 4.72. The lowest BCUT2D eigenvalue weighted by Gasteiger charge is -2.43. The molecule has 0 unspecified atom stereocenters. The Kier molecular flexibility index (Phi) is 8.54. The van der Waals surface area contributed by atoms with Gasteiger partial charge < -0.3 is 19.9 Å². The highest BCUT2D eigenvalue weighted by molar-refractivity contribution is 5.88. The zero-order valence-electron chi connectivity index (χ0n) is 21.4. The summed E-state index contributed by atoms with van der Waals surface area (Å²) in [4.78, 5) is 13.9. The second-order valence-corrected chi connectivity index (χ2v) is 9.65. The van der Waals surface area contributed by atoms with E-state index in [2.05, 4.69) is 55.4 Å². The number of rotatable bonds is 8. The van der Waals surface area contributed by atoms with Crippen molar-refractivity contribution in [1.29, 1.82) is 0 Å². The van der Waals surface area contributed by atoms with Crippen molar-refractivity contribution in [2.24, 2.45) is 5.92 Å². The van der Waals surface area contributed by atoms with Crippen LogP contribution < -0.4 is 5.32 Å². The maximum absolute atomic E-state index is 11.6. The molecule has 6 nitrogen and oxygen atoms in total. The largest absolute Gasteiger partial charge is 0.392 e. The Morgan fingerprint density at radius 2 is 1.72 bits per heavy atom. The predicted octanol–water partition coefficient (Wildman–Crippen LogP) is 5.62. The number of nitrogens with zero attached hydrogens (tertiary/aromatic N) is 1. The maximum atomic E-state index is 11.6. The molecular formula is C30H36N2O4. The van der Waals surface area contributed by atoms with E-state index in [0.717, 1.165) is 23.2 Å². The summed E-state index contributed by atoms with van der Waals surface area (Å²) in [5, 5.41) is 12.3. The van der Waals surface area contributed by atoms with Gasteiger partial charge in [0.25, 0.3) is 0 Å². The number of ether oxygens (including phenoxy) is 2. The molecule has 0 bridgehead atoms. The summed E-state index contributed by atoms with van der Waals surface area (Å²) in [6, 6.07) is 26.2. The van der Waals surface area contributed by atoms with E-state index in [1.54, 1.807) is 0 Å². The van der Waals surface area contributed by atoms with Crippen LogP contribution in [0.15, 0.2) is 78.9 Å². The lowest BCUT2D eigenvalue weighted by molar-refractivity contribution is -0.276. The molecular weight excluding hydrogens is 452 g/mol. The third-order valence-corrected chi connectivity index (χ3v) is 7.01. The summed E-state index contributed by atoms with van der Waals surface area (Å²) >= 11 is 0. The van der Waals surface area contributed by atoms with Gasteiger partial charge in [-0.1, -0.05) is 73.7 Å². The van der Waals surface area contributed by atoms with Crippen LogP contribution in [0.4, 0.5) is 5.69 Å². The Labute approximate surface area is 213 Å². The molecule has 1 heterocycles. The number of benzene rings is 3. The van der Waals surface area contributed by atoms with Gasteiger partial charge in [-0.15, -0.1) is 0 Å². The molecule has 0 saturated carbocycles. The number of likely N-dealkylation sites (N-methyl/N-ethyl adjacent to an activating group) is 1. The number of aliphatic hydroxyl groups excluding tert-OH is 1. The normalized spacial score (nSPS) is 22.8. The van der Waals surface area contributed by atoms with E-state index in [-0.39, 0.29) is 36.7 Å². The maximum Gasteiger partial charge on any atom is 0.221 e. The number of carbonyl (C=O) groups is 1. The first-order chi connectivity index (χ1) is 17.4. The van der Waals surface area contributed by atoms with Gasteiger partial charge in [-0.2, -0.15) is 0 Å². The molecule has 0 radical (unpaired) electrons. The van der Waals surface area contributed by atoms with E-state index in [9.17, 15) is 9.90 Å². The van der Waals surface area contributed by atoms with Gasteiger partial charge in [-0.25, -0.2) is 0 Å². The summed E-state index contributed by atoms with van der Waals surface area (Å²) in [6.45, 7) is 6.61. The Hall–Kier alpha value is -3.03. The van der Waals surface area contributed by atoms with Crippen molar-refractivity contribution < 1.29 is 19.4 Å². The Balaban J connectivity index is 1.61. The fourth-order valence-electron chi connectivity index (χ4n) is 4.72. The van der Waals surface area contributed by atoms with Gasteiger partial charge in [-0.05, 0) is 42.8 Å². The van der Waals surface area contributed by atoms with Crippen LogP contribution >= 0.6 is 0 Å². The predicted molar refractivity (Wildman–Crippen MR) is 141 cm³/mol. The molecule has 6 heteroatoms. The number of anilines is 1. The lowest BCUT2D eigenvalue weighted by atomic mass is 9.89. The number of amides is 1. The van der Waals surface area contributed by atoms with Crippen molar-refractivity contribution in [2.45, 2.75) is 51.9 Å². The molecule has 1 aliphatic heterocycles. The second-order valence-electron chi connectivity index (χ2n) is 9.65. The van der Waals surface area contributed by atoms with E-state index in [1.165, 1.54) is 12.5 Å². The highest BCUT2D eigenvalue weighted by Gasteiger charge is 2.39. The molecule has 5 atom stereocenters. The smallest absolute Gasteiger partial charge is 0.221 e. The number of aliphatic hydroxyl groups is 1. The Morgan fingerprint density at radius 3 is 2.39 bits per heavy atom. The first-order valence-electron chi connectivity index (χ1n) is 12.5. The lowest BCUT2D eigenvalue weighted by Crippen LogP contribution is -2.44. The molecule has 1 aliphatic rings. The van der Waals surface area contributed by atoms with Crippen LogP contribution in [0.5, 0.6) is 0 Å². The molecule has 0 aromatic heterocycles. The summed E-state index contributed by atoms with van der Waals surface area (Å²) in [7, 11) is 2.13. The first-order valence-corrected chi connectivity index (χ1v) is 12.5. The van der Waals surface area contributed by atoms with Gasteiger partial charge in [0.2, 0.25) is 5.91 Å². The van der Waals surface area contributed by atoms with Crippen molar-refractivity contribution in [3.05, 3.63) is 101 Å². The van der Waals surface area contributed by atoms with Crippen molar-refractivity contribution in [2.75, 3.05) is 18.9 Å². The van der Waals surface area contributed by atoms with E-state index >= 15 is 0 Å². The van der Waals surface area contributed by atoms with Crippen LogP contribution in [0, 0.1) is 5.92 Å². The zero-order chi connectivity index (χ0) is 25.7. The molecule has 1 fully saturated rings. The van der Waals surface area contributed by atoms with Crippen LogP contribution in [-0.2, 0) is 20.9 Å². The second kappa shape index (κ2) is 11.8. The molecule has 1 saturated heterocycles. The molecule has 1 amide bonds. The standard InChI is InChI=1S/C30H36N2O4/c1-20-28(18-32(4)21(2)24-9-6-5-7-10-24)35-30(26-11-8-12-27(17-26)31-22(3)34)36-29(20)25-15-13-23(19-33)14-16-25/h5-17,20-21,28-30,33H,18-19H2,1-4H3,(H,31,34)/t20-,21+,28+,29+,30+/m1/s1. The monoisotopic (exact) mass is 488 g/mol. The average molecular weight is 489 g/mol. The third-order valence-electron chi connectivity index (χ3n) is 7.01.